The average molecular weight is 434 g/mol. The van der Waals surface area contributed by atoms with Crippen molar-refractivity contribution in [1.82, 2.24) is 14.3 Å². The van der Waals surface area contributed by atoms with Gasteiger partial charge in [-0.25, -0.2) is 4.98 Å². The smallest absolute Gasteiger partial charge is 0.256 e. The van der Waals surface area contributed by atoms with E-state index in [4.69, 9.17) is 10.7 Å². The fraction of sp³-hybridized carbons (Fsp3) is 0.400. The van der Waals surface area contributed by atoms with E-state index in [0.717, 1.165) is 35.6 Å². The lowest BCUT2D eigenvalue weighted by atomic mass is 10.00. The number of likely N-dealkylation sites (tertiary alicyclic amines) is 1. The van der Waals surface area contributed by atoms with Crippen LogP contribution in [0.25, 0.3) is 5.65 Å². The van der Waals surface area contributed by atoms with Crippen molar-refractivity contribution in [3.8, 4) is 0 Å². The number of imidazole rings is 1. The Hall–Kier alpha value is -3.35. The third-order valence-electron chi connectivity index (χ3n) is 6.63. The van der Waals surface area contributed by atoms with Gasteiger partial charge >= 0.3 is 0 Å². The van der Waals surface area contributed by atoms with Crippen LogP contribution in [0.15, 0.2) is 30.5 Å². The van der Waals surface area contributed by atoms with Crippen molar-refractivity contribution in [3.63, 3.8) is 0 Å². The largest absolute Gasteiger partial charge is 0.378 e. The number of hydrogen-bond donors (Lipinski definition) is 2. The first kappa shape index (κ1) is 21.9. The molecule has 1 unspecified atom stereocenters. The second-order valence-electron chi connectivity index (χ2n) is 8.60. The van der Waals surface area contributed by atoms with Crippen molar-refractivity contribution < 1.29 is 9.59 Å². The number of nitrogens with two attached hydrogens (primary N) is 1. The third kappa shape index (κ3) is 3.83. The van der Waals surface area contributed by atoms with Gasteiger partial charge in [0.2, 0.25) is 5.91 Å². The standard InChI is InChI=1S/C25H31N5O2/c1-5-18-9-6-8-15(2)20(18)13-27-21-12-19(14-30-17(4)16(3)28-24(21)30)25(32)29-11-7-10-22(29)23(26)31/h6,8-9,12,14,22,27H,5,7,10-11,13H2,1-4H3,(H2,26,31). The SMILES string of the molecule is CCc1cccc(C)c1CNc1cc(C(=O)N2CCCC2C(N)=O)cn2c(C)c(C)nc12. The zero-order valence-electron chi connectivity index (χ0n) is 19.2. The summed E-state index contributed by atoms with van der Waals surface area (Å²) in [4.78, 5) is 31.5. The van der Waals surface area contributed by atoms with E-state index in [1.54, 1.807) is 4.90 Å². The molecule has 2 aromatic heterocycles. The van der Waals surface area contributed by atoms with Crippen LogP contribution in [0.2, 0.25) is 0 Å². The van der Waals surface area contributed by atoms with Gasteiger partial charge in [0.1, 0.15) is 6.04 Å². The highest BCUT2D eigenvalue weighted by Gasteiger charge is 2.33. The first-order valence-corrected chi connectivity index (χ1v) is 11.2. The first-order chi connectivity index (χ1) is 15.3. The molecule has 3 aromatic rings. The fourth-order valence-electron chi connectivity index (χ4n) is 4.62. The van der Waals surface area contributed by atoms with Crippen molar-refractivity contribution in [2.45, 2.75) is 59.5 Å². The van der Waals surface area contributed by atoms with Crippen LogP contribution >= 0.6 is 0 Å². The van der Waals surface area contributed by atoms with Crippen LogP contribution in [0, 0.1) is 20.8 Å². The zero-order chi connectivity index (χ0) is 23.0. The van der Waals surface area contributed by atoms with Crippen LogP contribution in [-0.2, 0) is 17.8 Å². The molecule has 7 heteroatoms. The minimum absolute atomic E-state index is 0.174. The maximum absolute atomic E-state index is 13.4. The maximum atomic E-state index is 13.4. The second-order valence-corrected chi connectivity index (χ2v) is 8.60. The number of nitrogens with zero attached hydrogens (tertiary/aromatic N) is 3. The molecule has 168 valence electrons. The lowest BCUT2D eigenvalue weighted by molar-refractivity contribution is -0.121. The average Bonchev–Trinajstić information content (AvgIpc) is 3.37. The molecule has 1 saturated heterocycles. The van der Waals surface area contributed by atoms with Crippen molar-refractivity contribution in [1.29, 1.82) is 0 Å². The molecule has 2 amide bonds. The maximum Gasteiger partial charge on any atom is 0.256 e. The van der Waals surface area contributed by atoms with E-state index in [2.05, 4.69) is 37.4 Å². The van der Waals surface area contributed by atoms with Gasteiger partial charge in [0.05, 0.1) is 16.9 Å². The molecule has 1 atom stereocenters. The lowest BCUT2D eigenvalue weighted by Crippen LogP contribution is -2.43. The molecule has 0 bridgehead atoms. The quantitative estimate of drug-likeness (QED) is 0.622. The van der Waals surface area contributed by atoms with E-state index in [-0.39, 0.29) is 5.91 Å². The molecule has 1 aliphatic rings. The van der Waals surface area contributed by atoms with Crippen molar-refractivity contribution in [2.24, 2.45) is 5.73 Å². The first-order valence-electron chi connectivity index (χ1n) is 11.2. The van der Waals surface area contributed by atoms with Gasteiger partial charge in [-0.15, -0.1) is 0 Å². The van der Waals surface area contributed by atoms with Crippen LogP contribution in [0.3, 0.4) is 0 Å². The molecule has 4 rings (SSSR count). The number of aromatic nitrogens is 2. The van der Waals surface area contributed by atoms with Crippen molar-refractivity contribution in [2.75, 3.05) is 11.9 Å². The number of nitrogens with one attached hydrogen (secondary N) is 1. The zero-order valence-corrected chi connectivity index (χ0v) is 19.2. The molecule has 0 saturated carbocycles. The number of hydrogen-bond acceptors (Lipinski definition) is 4. The number of aryl methyl sites for hydroxylation is 4. The summed E-state index contributed by atoms with van der Waals surface area (Å²) in [6.45, 7) is 9.41. The van der Waals surface area contributed by atoms with E-state index >= 15 is 0 Å². The Bertz CT molecular complexity index is 1200. The molecule has 1 aromatic carbocycles. The molecule has 1 aliphatic heterocycles. The normalized spacial score (nSPS) is 16.0. The second kappa shape index (κ2) is 8.65. The van der Waals surface area contributed by atoms with E-state index in [1.165, 1.54) is 16.7 Å². The lowest BCUT2D eigenvalue weighted by Gasteiger charge is -2.23. The Morgan fingerprint density at radius 2 is 2.03 bits per heavy atom. The van der Waals surface area contributed by atoms with Crippen LogP contribution in [0.1, 0.15) is 58.2 Å². The number of anilines is 1. The summed E-state index contributed by atoms with van der Waals surface area (Å²) >= 11 is 0. The number of carbonyl (C=O) groups is 2. The summed E-state index contributed by atoms with van der Waals surface area (Å²) < 4.78 is 1.96. The van der Waals surface area contributed by atoms with Gasteiger partial charge in [-0.3, -0.25) is 9.59 Å². The Morgan fingerprint density at radius 1 is 1.25 bits per heavy atom. The van der Waals surface area contributed by atoms with Crippen molar-refractivity contribution in [3.05, 3.63) is 64.1 Å². The molecule has 3 N–H and O–H groups in total. The summed E-state index contributed by atoms with van der Waals surface area (Å²) in [5, 5.41) is 3.53. The van der Waals surface area contributed by atoms with Gasteiger partial charge in [0.15, 0.2) is 5.65 Å². The number of benzene rings is 1. The minimum atomic E-state index is -0.542. The Labute approximate surface area is 188 Å². The summed E-state index contributed by atoms with van der Waals surface area (Å²) in [5.74, 6) is -0.622. The molecule has 3 heterocycles. The summed E-state index contributed by atoms with van der Waals surface area (Å²) in [5.41, 5.74) is 13.4. The number of rotatable bonds is 6. The van der Waals surface area contributed by atoms with Gasteiger partial charge in [-0.1, -0.05) is 25.1 Å². The molecule has 0 spiro atoms. The molecular formula is C25H31N5O2. The third-order valence-corrected chi connectivity index (χ3v) is 6.63. The van der Waals surface area contributed by atoms with Crippen LogP contribution in [-0.4, -0.2) is 38.7 Å². The van der Waals surface area contributed by atoms with Gasteiger partial charge < -0.3 is 20.4 Å². The molecule has 0 aliphatic carbocycles. The van der Waals surface area contributed by atoms with E-state index < -0.39 is 11.9 Å². The van der Waals surface area contributed by atoms with E-state index in [0.29, 0.717) is 25.1 Å². The van der Waals surface area contributed by atoms with Gasteiger partial charge in [-0.05, 0) is 62.8 Å². The molecule has 0 radical (unpaired) electrons. The Morgan fingerprint density at radius 3 is 2.75 bits per heavy atom. The molecule has 32 heavy (non-hydrogen) atoms. The van der Waals surface area contributed by atoms with Crippen LogP contribution < -0.4 is 11.1 Å². The molecule has 7 nitrogen and oxygen atoms in total. The van der Waals surface area contributed by atoms with Crippen LogP contribution in [0.5, 0.6) is 0 Å². The predicted octanol–water partition coefficient (Wildman–Crippen LogP) is 3.52. The Balaban J connectivity index is 1.73. The number of pyridine rings is 1. The monoisotopic (exact) mass is 433 g/mol. The number of fused-ring (bicyclic) bond motifs is 1. The summed E-state index contributed by atoms with van der Waals surface area (Å²) in [7, 11) is 0. The highest BCUT2D eigenvalue weighted by Crippen LogP contribution is 2.26. The minimum Gasteiger partial charge on any atom is -0.378 e. The summed E-state index contributed by atoms with van der Waals surface area (Å²) in [6, 6.07) is 7.67. The highest BCUT2D eigenvalue weighted by atomic mass is 16.2. The highest BCUT2D eigenvalue weighted by molar-refractivity contribution is 5.99. The number of amides is 2. The van der Waals surface area contributed by atoms with Gasteiger partial charge in [-0.2, -0.15) is 0 Å². The number of carbonyl (C=O) groups excluding carboxylic acids is 2. The fourth-order valence-corrected chi connectivity index (χ4v) is 4.62. The van der Waals surface area contributed by atoms with Crippen molar-refractivity contribution >= 4 is 23.1 Å². The number of primary amides is 1. The van der Waals surface area contributed by atoms with E-state index in [1.807, 2.05) is 30.5 Å². The predicted molar refractivity (Wildman–Crippen MR) is 126 cm³/mol. The molecule has 1 fully saturated rings. The summed E-state index contributed by atoms with van der Waals surface area (Å²) in [6.07, 6.45) is 4.17. The van der Waals surface area contributed by atoms with Gasteiger partial charge in [0, 0.05) is 25.0 Å². The van der Waals surface area contributed by atoms with E-state index in [9.17, 15) is 9.59 Å². The molecular weight excluding hydrogens is 402 g/mol. The Kier molecular flexibility index (Phi) is 5.91. The van der Waals surface area contributed by atoms with Gasteiger partial charge in [0.25, 0.3) is 5.91 Å². The topological polar surface area (TPSA) is 92.7 Å². The van der Waals surface area contributed by atoms with Crippen LogP contribution in [0.4, 0.5) is 5.69 Å².